The fraction of sp³-hybridized carbons (Fsp3) is 0.0667. The number of hydrogen-bond donors (Lipinski definition) is 3. The van der Waals surface area contributed by atoms with Crippen molar-refractivity contribution in [3.05, 3.63) is 57.6 Å². The molecule has 2 aromatic rings. The fourth-order valence-electron chi connectivity index (χ4n) is 1.70. The fourth-order valence-corrected chi connectivity index (χ4v) is 2.08. The smallest absolute Gasteiger partial charge is 0.335 e. The highest BCUT2D eigenvalue weighted by atomic mass is 79.9. The largest absolute Gasteiger partial charge is 0.506 e. The average molecular weight is 350 g/mol. The van der Waals surface area contributed by atoms with Gasteiger partial charge < -0.3 is 15.5 Å². The molecule has 6 heteroatoms. The Morgan fingerprint density at radius 2 is 1.76 bits per heavy atom. The summed E-state index contributed by atoms with van der Waals surface area (Å²) in [5.74, 6) is -1.77. The highest BCUT2D eigenvalue weighted by molar-refractivity contribution is 9.10. The molecule has 0 bridgehead atoms. The standard InChI is InChI=1S/C15H12BrNO4/c1-8-2-3-9(6-11(8)16)14(19)17-12-7-10(15(20)21)4-5-13(12)18/h2-7,18H,1H3,(H,17,19)(H,20,21). The highest BCUT2D eigenvalue weighted by Gasteiger charge is 2.12. The average Bonchev–Trinajstić information content (AvgIpc) is 2.43. The second-order valence-corrected chi connectivity index (χ2v) is 5.31. The number of carboxylic acid groups (broad SMARTS) is 1. The molecule has 2 aromatic carbocycles. The first-order valence-corrected chi connectivity index (χ1v) is 6.81. The van der Waals surface area contributed by atoms with E-state index in [-0.39, 0.29) is 17.0 Å². The Hall–Kier alpha value is -2.34. The van der Waals surface area contributed by atoms with Gasteiger partial charge in [-0.25, -0.2) is 4.79 Å². The molecule has 0 aromatic heterocycles. The number of anilines is 1. The monoisotopic (exact) mass is 349 g/mol. The molecule has 0 spiro atoms. The Labute approximate surface area is 129 Å². The summed E-state index contributed by atoms with van der Waals surface area (Å²) < 4.78 is 0.790. The maximum Gasteiger partial charge on any atom is 0.335 e. The van der Waals surface area contributed by atoms with Crippen molar-refractivity contribution in [3.63, 3.8) is 0 Å². The van der Waals surface area contributed by atoms with Crippen LogP contribution >= 0.6 is 15.9 Å². The molecule has 0 aliphatic rings. The molecule has 2 rings (SSSR count). The molecule has 108 valence electrons. The van der Waals surface area contributed by atoms with E-state index in [4.69, 9.17) is 5.11 Å². The number of hydrogen-bond acceptors (Lipinski definition) is 3. The zero-order valence-corrected chi connectivity index (χ0v) is 12.6. The summed E-state index contributed by atoms with van der Waals surface area (Å²) in [4.78, 5) is 23.0. The molecule has 0 saturated heterocycles. The lowest BCUT2D eigenvalue weighted by Crippen LogP contribution is -2.12. The van der Waals surface area contributed by atoms with Crippen LogP contribution in [0, 0.1) is 6.92 Å². The third-order valence-electron chi connectivity index (χ3n) is 2.93. The van der Waals surface area contributed by atoms with Crippen molar-refractivity contribution in [2.75, 3.05) is 5.32 Å². The summed E-state index contributed by atoms with van der Waals surface area (Å²) in [5.41, 5.74) is 1.42. The van der Waals surface area contributed by atoms with Crippen LogP contribution in [0.25, 0.3) is 0 Å². The van der Waals surface area contributed by atoms with Gasteiger partial charge in [-0.3, -0.25) is 4.79 Å². The number of aromatic carboxylic acids is 1. The van der Waals surface area contributed by atoms with E-state index in [0.717, 1.165) is 10.0 Å². The first-order chi connectivity index (χ1) is 9.88. The van der Waals surface area contributed by atoms with Gasteiger partial charge in [-0.1, -0.05) is 22.0 Å². The lowest BCUT2D eigenvalue weighted by Gasteiger charge is -2.09. The first-order valence-electron chi connectivity index (χ1n) is 6.02. The van der Waals surface area contributed by atoms with E-state index in [1.165, 1.54) is 18.2 Å². The minimum absolute atomic E-state index is 0.0202. The predicted molar refractivity (Wildman–Crippen MR) is 81.9 cm³/mol. The van der Waals surface area contributed by atoms with Crippen molar-refractivity contribution in [1.29, 1.82) is 0 Å². The van der Waals surface area contributed by atoms with Crippen LogP contribution in [0.3, 0.4) is 0 Å². The van der Waals surface area contributed by atoms with Gasteiger partial charge in [0.15, 0.2) is 0 Å². The number of carbonyl (C=O) groups excluding carboxylic acids is 1. The summed E-state index contributed by atoms with van der Waals surface area (Å²) in [6.07, 6.45) is 0. The molecule has 0 saturated carbocycles. The quantitative estimate of drug-likeness (QED) is 0.741. The van der Waals surface area contributed by atoms with Crippen molar-refractivity contribution in [2.45, 2.75) is 6.92 Å². The second kappa shape index (κ2) is 5.97. The normalized spacial score (nSPS) is 10.2. The van der Waals surface area contributed by atoms with Crippen LogP contribution in [0.2, 0.25) is 0 Å². The zero-order chi connectivity index (χ0) is 15.6. The number of phenolic OH excluding ortho intramolecular Hbond substituents is 1. The van der Waals surface area contributed by atoms with Gasteiger partial charge in [0.1, 0.15) is 5.75 Å². The van der Waals surface area contributed by atoms with E-state index in [9.17, 15) is 14.7 Å². The van der Waals surface area contributed by atoms with Crippen molar-refractivity contribution < 1.29 is 19.8 Å². The van der Waals surface area contributed by atoms with E-state index < -0.39 is 11.9 Å². The van der Waals surface area contributed by atoms with E-state index in [2.05, 4.69) is 21.2 Å². The van der Waals surface area contributed by atoms with Gasteiger partial charge in [-0.05, 0) is 42.8 Å². The number of halogens is 1. The van der Waals surface area contributed by atoms with Gasteiger partial charge in [0.2, 0.25) is 0 Å². The van der Waals surface area contributed by atoms with E-state index in [1.54, 1.807) is 18.2 Å². The summed E-state index contributed by atoms with van der Waals surface area (Å²) in [6, 6.07) is 8.78. The van der Waals surface area contributed by atoms with Crippen molar-refractivity contribution in [1.82, 2.24) is 0 Å². The number of aromatic hydroxyl groups is 1. The predicted octanol–water partition coefficient (Wildman–Crippen LogP) is 3.41. The molecular weight excluding hydrogens is 338 g/mol. The van der Waals surface area contributed by atoms with Gasteiger partial charge in [-0.2, -0.15) is 0 Å². The van der Waals surface area contributed by atoms with Crippen LogP contribution in [0.15, 0.2) is 40.9 Å². The van der Waals surface area contributed by atoms with Gasteiger partial charge in [0.05, 0.1) is 11.3 Å². The molecule has 0 atom stereocenters. The SMILES string of the molecule is Cc1ccc(C(=O)Nc2cc(C(=O)O)ccc2O)cc1Br. The molecule has 0 aliphatic heterocycles. The molecule has 21 heavy (non-hydrogen) atoms. The summed E-state index contributed by atoms with van der Waals surface area (Å²) in [7, 11) is 0. The highest BCUT2D eigenvalue weighted by Crippen LogP contribution is 2.25. The number of benzene rings is 2. The van der Waals surface area contributed by atoms with Crippen molar-refractivity contribution >= 4 is 33.5 Å². The molecule has 5 nitrogen and oxygen atoms in total. The maximum absolute atomic E-state index is 12.1. The number of aryl methyl sites for hydroxylation is 1. The third kappa shape index (κ3) is 3.41. The Bertz CT molecular complexity index is 728. The Kier molecular flexibility index (Phi) is 4.28. The topological polar surface area (TPSA) is 86.6 Å². The van der Waals surface area contributed by atoms with Crippen LogP contribution in [0.1, 0.15) is 26.3 Å². The minimum Gasteiger partial charge on any atom is -0.506 e. The summed E-state index contributed by atoms with van der Waals surface area (Å²) in [6.45, 7) is 1.90. The van der Waals surface area contributed by atoms with Gasteiger partial charge in [0, 0.05) is 10.0 Å². The first kappa shape index (κ1) is 15.1. The number of carboxylic acids is 1. The third-order valence-corrected chi connectivity index (χ3v) is 3.78. The second-order valence-electron chi connectivity index (χ2n) is 4.46. The molecule has 3 N–H and O–H groups in total. The van der Waals surface area contributed by atoms with Crippen LogP contribution in [0.4, 0.5) is 5.69 Å². The lowest BCUT2D eigenvalue weighted by molar-refractivity contribution is 0.0696. The number of phenols is 1. The van der Waals surface area contributed by atoms with Gasteiger partial charge in [-0.15, -0.1) is 0 Å². The van der Waals surface area contributed by atoms with Gasteiger partial charge in [0.25, 0.3) is 5.91 Å². The van der Waals surface area contributed by atoms with Crippen LogP contribution < -0.4 is 5.32 Å². The molecule has 1 amide bonds. The van der Waals surface area contributed by atoms with E-state index >= 15 is 0 Å². The maximum atomic E-state index is 12.1. The van der Waals surface area contributed by atoms with Crippen molar-refractivity contribution in [3.8, 4) is 5.75 Å². The number of nitrogens with one attached hydrogen (secondary N) is 1. The minimum atomic E-state index is -1.14. The molecule has 0 heterocycles. The Morgan fingerprint density at radius 3 is 2.38 bits per heavy atom. The Morgan fingerprint density at radius 1 is 1.10 bits per heavy atom. The summed E-state index contributed by atoms with van der Waals surface area (Å²) in [5, 5.41) is 21.1. The Balaban J connectivity index is 2.28. The van der Waals surface area contributed by atoms with Gasteiger partial charge >= 0.3 is 5.97 Å². The molecule has 0 aliphatic carbocycles. The van der Waals surface area contributed by atoms with E-state index in [0.29, 0.717) is 5.56 Å². The number of amides is 1. The van der Waals surface area contributed by atoms with Crippen molar-refractivity contribution in [2.24, 2.45) is 0 Å². The van der Waals surface area contributed by atoms with Crippen LogP contribution in [-0.2, 0) is 0 Å². The van der Waals surface area contributed by atoms with Crippen LogP contribution in [0.5, 0.6) is 5.75 Å². The molecular formula is C15H12BrNO4. The van der Waals surface area contributed by atoms with Crippen LogP contribution in [-0.4, -0.2) is 22.1 Å². The molecule has 0 fully saturated rings. The molecule has 0 unspecified atom stereocenters. The number of carbonyl (C=O) groups is 2. The zero-order valence-electron chi connectivity index (χ0n) is 11.1. The lowest BCUT2D eigenvalue weighted by atomic mass is 10.1. The molecule has 0 radical (unpaired) electrons. The van der Waals surface area contributed by atoms with E-state index in [1.807, 2.05) is 6.92 Å². The summed E-state index contributed by atoms with van der Waals surface area (Å²) >= 11 is 3.34. The number of rotatable bonds is 3.